The van der Waals surface area contributed by atoms with Gasteiger partial charge >= 0.3 is 0 Å². The molecule has 2 aliphatic heterocycles. The van der Waals surface area contributed by atoms with Gasteiger partial charge in [-0.05, 0) is 18.9 Å². The van der Waals surface area contributed by atoms with E-state index in [1.165, 1.54) is 19.2 Å². The van der Waals surface area contributed by atoms with Crippen LogP contribution in [0.2, 0.25) is 0 Å². The van der Waals surface area contributed by atoms with Gasteiger partial charge in [-0.2, -0.15) is 0 Å². The van der Waals surface area contributed by atoms with Crippen molar-refractivity contribution in [3.63, 3.8) is 0 Å². The van der Waals surface area contributed by atoms with Crippen LogP contribution in [0, 0.1) is 0 Å². The van der Waals surface area contributed by atoms with Crippen molar-refractivity contribution < 1.29 is 19.4 Å². The average Bonchev–Trinajstić information content (AvgIpc) is 2.81. The number of aliphatic imine (C=N–C) groups is 1. The minimum Gasteiger partial charge on any atom is -0.504 e. The molecule has 6 nitrogen and oxygen atoms in total. The highest BCUT2D eigenvalue weighted by Crippen LogP contribution is 2.38. The zero-order valence-electron chi connectivity index (χ0n) is 11.4. The van der Waals surface area contributed by atoms with Crippen molar-refractivity contribution in [1.82, 2.24) is 4.90 Å². The third kappa shape index (κ3) is 1.84. The predicted molar refractivity (Wildman–Crippen MR) is 72.8 cm³/mol. The van der Waals surface area contributed by atoms with Gasteiger partial charge in [0.25, 0.3) is 5.91 Å². The average molecular weight is 276 g/mol. The fraction of sp³-hybridized carbons (Fsp3) is 0.429. The minimum atomic E-state index is -0.232. The van der Waals surface area contributed by atoms with Gasteiger partial charge < -0.3 is 19.5 Å². The smallest absolute Gasteiger partial charge is 0.258 e. The van der Waals surface area contributed by atoms with E-state index in [1.54, 1.807) is 18.2 Å². The zero-order chi connectivity index (χ0) is 14.3. The molecule has 0 radical (unpaired) electrons. The summed E-state index contributed by atoms with van der Waals surface area (Å²) in [5.74, 6) is 0.0885. The molecule has 0 saturated carbocycles. The third-order valence-corrected chi connectivity index (χ3v) is 3.80. The first-order chi connectivity index (χ1) is 9.65. The largest absolute Gasteiger partial charge is 0.504 e. The molecule has 106 valence electrons. The van der Waals surface area contributed by atoms with Gasteiger partial charge in [0.05, 0.1) is 24.4 Å². The minimum absolute atomic E-state index is 0.0263. The number of carbonyl (C=O) groups excluding carboxylic acids is 1. The lowest BCUT2D eigenvalue weighted by molar-refractivity contribution is -0.00271. The highest BCUT2D eigenvalue weighted by atomic mass is 16.5. The van der Waals surface area contributed by atoms with E-state index >= 15 is 0 Å². The number of hydrogen-bond acceptors (Lipinski definition) is 5. The van der Waals surface area contributed by atoms with Gasteiger partial charge in [0.1, 0.15) is 6.23 Å². The molecule has 2 aliphatic rings. The first kappa shape index (κ1) is 12.9. The second-order valence-corrected chi connectivity index (χ2v) is 4.87. The zero-order valence-corrected chi connectivity index (χ0v) is 11.4. The highest BCUT2D eigenvalue weighted by molar-refractivity contribution is 6.03. The van der Waals surface area contributed by atoms with E-state index in [9.17, 15) is 9.90 Å². The molecule has 20 heavy (non-hydrogen) atoms. The van der Waals surface area contributed by atoms with Crippen molar-refractivity contribution in [2.45, 2.75) is 25.1 Å². The van der Waals surface area contributed by atoms with Crippen LogP contribution < -0.4 is 4.74 Å². The second-order valence-electron chi connectivity index (χ2n) is 4.87. The molecule has 1 aromatic rings. The first-order valence-corrected chi connectivity index (χ1v) is 6.46. The second kappa shape index (κ2) is 4.79. The van der Waals surface area contributed by atoms with Crippen molar-refractivity contribution in [2.75, 3.05) is 14.2 Å². The van der Waals surface area contributed by atoms with Gasteiger partial charge in [-0.1, -0.05) is 0 Å². The summed E-state index contributed by atoms with van der Waals surface area (Å²) in [7, 11) is 3.04. The standard InChI is InChI=1S/C14H16N2O4/c1-19-12-5-9-10(6-11(12)17)15-7-8-3-4-13(20-2)16(8)14(9)18/h5-8,13,17H,3-4H2,1-2H3/t8-,13-/m1/s1. The molecule has 0 bridgehead atoms. The number of nitrogens with zero attached hydrogens (tertiary/aromatic N) is 2. The maximum Gasteiger partial charge on any atom is 0.258 e. The number of phenolic OH excluding ortho intramolecular Hbond substituents is 1. The van der Waals surface area contributed by atoms with Crippen LogP contribution in [-0.2, 0) is 4.74 Å². The number of phenols is 1. The summed E-state index contributed by atoms with van der Waals surface area (Å²) in [5, 5.41) is 9.80. The van der Waals surface area contributed by atoms with Crippen LogP contribution in [0.1, 0.15) is 23.2 Å². The van der Waals surface area contributed by atoms with E-state index in [4.69, 9.17) is 9.47 Å². The van der Waals surface area contributed by atoms with Crippen LogP contribution in [0.5, 0.6) is 11.5 Å². The van der Waals surface area contributed by atoms with E-state index in [0.717, 1.165) is 12.8 Å². The Hall–Kier alpha value is -2.08. The number of carbonyl (C=O) groups is 1. The normalized spacial score (nSPS) is 24.3. The molecule has 1 aromatic carbocycles. The molecule has 2 heterocycles. The van der Waals surface area contributed by atoms with Gasteiger partial charge in [0.2, 0.25) is 0 Å². The number of fused-ring (bicyclic) bond motifs is 2. The number of amides is 1. The van der Waals surface area contributed by atoms with E-state index in [0.29, 0.717) is 11.3 Å². The monoisotopic (exact) mass is 276 g/mol. The topological polar surface area (TPSA) is 71.4 Å². The van der Waals surface area contributed by atoms with Crippen LogP contribution in [-0.4, -0.2) is 48.6 Å². The Labute approximate surface area is 116 Å². The van der Waals surface area contributed by atoms with E-state index in [2.05, 4.69) is 4.99 Å². The first-order valence-electron chi connectivity index (χ1n) is 6.46. The Kier molecular flexibility index (Phi) is 3.10. The quantitative estimate of drug-likeness (QED) is 0.892. The van der Waals surface area contributed by atoms with Crippen LogP contribution >= 0.6 is 0 Å². The predicted octanol–water partition coefficient (Wildman–Crippen LogP) is 1.69. The van der Waals surface area contributed by atoms with Gasteiger partial charge in [-0.3, -0.25) is 9.79 Å². The molecule has 0 aliphatic carbocycles. The van der Waals surface area contributed by atoms with E-state index < -0.39 is 0 Å². The van der Waals surface area contributed by atoms with Crippen molar-refractivity contribution in [3.05, 3.63) is 17.7 Å². The number of benzene rings is 1. The fourth-order valence-electron chi connectivity index (χ4n) is 2.77. The molecular formula is C14H16N2O4. The Bertz CT molecular complexity index is 585. The summed E-state index contributed by atoms with van der Waals surface area (Å²) >= 11 is 0. The Morgan fingerprint density at radius 2 is 2.15 bits per heavy atom. The summed E-state index contributed by atoms with van der Waals surface area (Å²) in [6, 6.07) is 2.91. The molecule has 2 atom stereocenters. The van der Waals surface area contributed by atoms with Crippen molar-refractivity contribution in [3.8, 4) is 11.5 Å². The molecule has 1 saturated heterocycles. The molecule has 0 aromatic heterocycles. The van der Waals surface area contributed by atoms with E-state index in [-0.39, 0.29) is 29.7 Å². The van der Waals surface area contributed by atoms with Crippen LogP contribution in [0.25, 0.3) is 0 Å². The van der Waals surface area contributed by atoms with Gasteiger partial charge in [0, 0.05) is 19.4 Å². The fourth-order valence-corrected chi connectivity index (χ4v) is 2.77. The summed E-state index contributed by atoms with van der Waals surface area (Å²) in [5.41, 5.74) is 0.875. The molecule has 1 N–H and O–H groups in total. The lowest BCUT2D eigenvalue weighted by Gasteiger charge is -2.26. The van der Waals surface area contributed by atoms with Crippen molar-refractivity contribution in [1.29, 1.82) is 0 Å². The Morgan fingerprint density at radius 1 is 1.35 bits per heavy atom. The number of methoxy groups -OCH3 is 2. The van der Waals surface area contributed by atoms with Gasteiger partial charge in [-0.15, -0.1) is 0 Å². The Morgan fingerprint density at radius 3 is 2.85 bits per heavy atom. The lowest BCUT2D eigenvalue weighted by atomic mass is 10.1. The molecule has 0 spiro atoms. The molecule has 6 heteroatoms. The Balaban J connectivity index is 2.09. The van der Waals surface area contributed by atoms with Crippen molar-refractivity contribution in [2.24, 2.45) is 4.99 Å². The number of hydrogen-bond donors (Lipinski definition) is 1. The van der Waals surface area contributed by atoms with Crippen LogP contribution in [0.4, 0.5) is 5.69 Å². The summed E-state index contributed by atoms with van der Waals surface area (Å²) in [4.78, 5) is 18.7. The van der Waals surface area contributed by atoms with Gasteiger partial charge in [0.15, 0.2) is 11.5 Å². The molecule has 0 unspecified atom stereocenters. The van der Waals surface area contributed by atoms with Crippen molar-refractivity contribution >= 4 is 17.8 Å². The van der Waals surface area contributed by atoms with Crippen LogP contribution in [0.3, 0.4) is 0 Å². The molecular weight excluding hydrogens is 260 g/mol. The SMILES string of the molecule is COc1cc2c(cc1O)N=C[C@H]1CC[C@@H](OC)N1C2=O. The number of ether oxygens (including phenoxy) is 2. The number of rotatable bonds is 2. The van der Waals surface area contributed by atoms with E-state index in [1.807, 2.05) is 0 Å². The summed E-state index contributed by atoms with van der Waals surface area (Å²) in [6.07, 6.45) is 3.13. The maximum atomic E-state index is 12.7. The summed E-state index contributed by atoms with van der Waals surface area (Å²) < 4.78 is 10.4. The maximum absolute atomic E-state index is 12.7. The summed E-state index contributed by atoms with van der Waals surface area (Å²) in [6.45, 7) is 0. The number of aromatic hydroxyl groups is 1. The lowest BCUT2D eigenvalue weighted by Crippen LogP contribution is -2.42. The van der Waals surface area contributed by atoms with Crippen LogP contribution in [0.15, 0.2) is 17.1 Å². The molecule has 1 amide bonds. The van der Waals surface area contributed by atoms with Gasteiger partial charge in [-0.25, -0.2) is 0 Å². The molecule has 3 rings (SSSR count). The molecule has 1 fully saturated rings. The third-order valence-electron chi connectivity index (χ3n) is 3.80. The highest BCUT2D eigenvalue weighted by Gasteiger charge is 2.39.